The number of hydrogen-bond donors (Lipinski definition) is 1. The topological polar surface area (TPSA) is 67.5 Å². The molecule has 1 atom stereocenters. The van der Waals surface area contributed by atoms with Crippen LogP contribution in [0.1, 0.15) is 41.4 Å². The maximum absolute atomic E-state index is 12.6. The molecular weight excluding hydrogens is 294 g/mol. The number of benzene rings is 1. The van der Waals surface area contributed by atoms with Gasteiger partial charge in [0.25, 0.3) is 5.91 Å². The average molecular weight is 313 g/mol. The number of carbonyl (C=O) groups is 1. The van der Waals surface area contributed by atoms with Crippen molar-refractivity contribution in [1.29, 1.82) is 0 Å². The van der Waals surface area contributed by atoms with Gasteiger partial charge in [-0.25, -0.2) is 0 Å². The third-order valence-electron chi connectivity index (χ3n) is 4.40. The van der Waals surface area contributed by atoms with Gasteiger partial charge in [0.05, 0.1) is 19.3 Å². The monoisotopic (exact) mass is 313 g/mol. The summed E-state index contributed by atoms with van der Waals surface area (Å²) < 4.78 is 11.5. The van der Waals surface area contributed by atoms with E-state index in [-0.39, 0.29) is 11.9 Å². The molecule has 1 fully saturated rings. The van der Waals surface area contributed by atoms with Crippen LogP contribution in [0, 0.1) is 0 Å². The minimum Gasteiger partial charge on any atom is -0.490 e. The van der Waals surface area contributed by atoms with Crippen molar-refractivity contribution in [2.75, 3.05) is 19.8 Å². The van der Waals surface area contributed by atoms with Gasteiger partial charge in [-0.1, -0.05) is 6.07 Å². The molecule has 0 spiro atoms. The fourth-order valence-electron chi connectivity index (χ4n) is 3.27. The first-order chi connectivity index (χ1) is 11.3. The molecule has 1 amide bonds. The lowest BCUT2D eigenvalue weighted by Gasteiger charge is -2.25. The van der Waals surface area contributed by atoms with Crippen molar-refractivity contribution < 1.29 is 14.3 Å². The Kier molecular flexibility index (Phi) is 3.65. The van der Waals surface area contributed by atoms with Crippen molar-refractivity contribution in [3.05, 3.63) is 41.7 Å². The number of nitrogens with zero attached hydrogens (tertiary/aromatic N) is 2. The number of nitrogens with one attached hydrogen (secondary N) is 1. The highest BCUT2D eigenvalue weighted by atomic mass is 16.5. The lowest BCUT2D eigenvalue weighted by Crippen LogP contribution is -2.30. The SMILES string of the molecule is O=C(c1ccn[nH]1)N1CCC[C@H]1c1ccc2c(c1)OCCCO2. The van der Waals surface area contributed by atoms with E-state index < -0.39 is 0 Å². The molecule has 0 saturated carbocycles. The van der Waals surface area contributed by atoms with Gasteiger partial charge in [-0.05, 0) is 36.6 Å². The molecule has 1 saturated heterocycles. The fourth-order valence-corrected chi connectivity index (χ4v) is 3.27. The molecule has 120 valence electrons. The second-order valence-corrected chi connectivity index (χ2v) is 5.88. The van der Waals surface area contributed by atoms with Crippen LogP contribution in [0.4, 0.5) is 0 Å². The molecule has 0 unspecified atom stereocenters. The molecule has 4 rings (SSSR count). The van der Waals surface area contributed by atoms with E-state index >= 15 is 0 Å². The third-order valence-corrected chi connectivity index (χ3v) is 4.40. The number of carbonyl (C=O) groups excluding carboxylic acids is 1. The number of amides is 1. The van der Waals surface area contributed by atoms with E-state index in [4.69, 9.17) is 9.47 Å². The zero-order chi connectivity index (χ0) is 15.6. The van der Waals surface area contributed by atoms with E-state index in [9.17, 15) is 4.79 Å². The fraction of sp³-hybridized carbons (Fsp3) is 0.412. The molecule has 2 aliphatic heterocycles. The van der Waals surface area contributed by atoms with Gasteiger partial charge >= 0.3 is 0 Å². The van der Waals surface area contributed by atoms with Gasteiger partial charge in [0.1, 0.15) is 5.69 Å². The number of aromatic nitrogens is 2. The van der Waals surface area contributed by atoms with Gasteiger partial charge in [0.2, 0.25) is 0 Å². The Morgan fingerprint density at radius 1 is 1.17 bits per heavy atom. The number of fused-ring (bicyclic) bond motifs is 1. The zero-order valence-electron chi connectivity index (χ0n) is 12.8. The molecular formula is C17H19N3O3. The summed E-state index contributed by atoms with van der Waals surface area (Å²) in [5.74, 6) is 1.56. The lowest BCUT2D eigenvalue weighted by atomic mass is 10.0. The van der Waals surface area contributed by atoms with E-state index in [0.717, 1.165) is 42.9 Å². The quantitative estimate of drug-likeness (QED) is 0.925. The molecule has 23 heavy (non-hydrogen) atoms. The van der Waals surface area contributed by atoms with Crippen LogP contribution in [0.15, 0.2) is 30.5 Å². The molecule has 0 aliphatic carbocycles. The Morgan fingerprint density at radius 2 is 2.04 bits per heavy atom. The smallest absolute Gasteiger partial charge is 0.272 e. The summed E-state index contributed by atoms with van der Waals surface area (Å²) in [7, 11) is 0. The van der Waals surface area contributed by atoms with E-state index in [1.165, 1.54) is 0 Å². The Hall–Kier alpha value is -2.50. The van der Waals surface area contributed by atoms with E-state index in [0.29, 0.717) is 18.9 Å². The van der Waals surface area contributed by atoms with Crippen molar-refractivity contribution in [2.24, 2.45) is 0 Å². The van der Waals surface area contributed by atoms with Crippen LogP contribution in [0.2, 0.25) is 0 Å². The van der Waals surface area contributed by atoms with Gasteiger partial charge in [-0.3, -0.25) is 9.89 Å². The summed E-state index contributed by atoms with van der Waals surface area (Å²) in [6, 6.07) is 7.79. The molecule has 6 nitrogen and oxygen atoms in total. The second-order valence-electron chi connectivity index (χ2n) is 5.88. The molecule has 0 radical (unpaired) electrons. The summed E-state index contributed by atoms with van der Waals surface area (Å²) in [4.78, 5) is 14.5. The minimum absolute atomic E-state index is 0.00267. The van der Waals surface area contributed by atoms with Gasteiger partial charge < -0.3 is 14.4 Å². The average Bonchev–Trinajstić information content (AvgIpc) is 3.22. The number of likely N-dealkylation sites (tertiary alicyclic amines) is 1. The molecule has 1 N–H and O–H groups in total. The first-order valence-corrected chi connectivity index (χ1v) is 8.03. The molecule has 3 heterocycles. The Morgan fingerprint density at radius 3 is 2.87 bits per heavy atom. The predicted molar refractivity (Wildman–Crippen MR) is 83.6 cm³/mol. The Labute approximate surface area is 134 Å². The largest absolute Gasteiger partial charge is 0.490 e. The summed E-state index contributed by atoms with van der Waals surface area (Å²) in [6.07, 6.45) is 4.45. The minimum atomic E-state index is -0.00267. The molecule has 2 aliphatic rings. The Balaban J connectivity index is 1.61. The molecule has 1 aromatic carbocycles. The van der Waals surface area contributed by atoms with Gasteiger partial charge in [-0.15, -0.1) is 0 Å². The van der Waals surface area contributed by atoms with E-state index in [2.05, 4.69) is 10.2 Å². The number of ether oxygens (including phenoxy) is 2. The number of hydrogen-bond acceptors (Lipinski definition) is 4. The van der Waals surface area contributed by atoms with Crippen LogP contribution in [-0.2, 0) is 0 Å². The highest BCUT2D eigenvalue weighted by Crippen LogP contribution is 2.38. The van der Waals surface area contributed by atoms with Crippen LogP contribution in [-0.4, -0.2) is 40.8 Å². The molecule has 2 aromatic rings. The molecule has 1 aromatic heterocycles. The van der Waals surface area contributed by atoms with Crippen LogP contribution < -0.4 is 9.47 Å². The number of aromatic amines is 1. The molecule has 6 heteroatoms. The maximum atomic E-state index is 12.6. The van der Waals surface area contributed by atoms with Crippen LogP contribution in [0.5, 0.6) is 11.5 Å². The summed E-state index contributed by atoms with van der Waals surface area (Å²) in [5, 5.41) is 6.63. The number of H-pyrrole nitrogens is 1. The van der Waals surface area contributed by atoms with E-state index in [1.54, 1.807) is 12.3 Å². The van der Waals surface area contributed by atoms with Gasteiger partial charge in [0.15, 0.2) is 11.5 Å². The first-order valence-electron chi connectivity index (χ1n) is 8.03. The molecule has 0 bridgehead atoms. The maximum Gasteiger partial charge on any atom is 0.272 e. The second kappa shape index (κ2) is 5.95. The van der Waals surface area contributed by atoms with Crippen LogP contribution in [0.25, 0.3) is 0 Å². The van der Waals surface area contributed by atoms with Gasteiger partial charge in [0, 0.05) is 19.2 Å². The zero-order valence-corrected chi connectivity index (χ0v) is 12.8. The lowest BCUT2D eigenvalue weighted by molar-refractivity contribution is 0.0729. The van der Waals surface area contributed by atoms with Crippen molar-refractivity contribution in [3.8, 4) is 11.5 Å². The highest BCUT2D eigenvalue weighted by molar-refractivity contribution is 5.92. The van der Waals surface area contributed by atoms with E-state index in [1.807, 2.05) is 23.1 Å². The summed E-state index contributed by atoms with van der Waals surface area (Å²) >= 11 is 0. The predicted octanol–water partition coefficient (Wildman–Crippen LogP) is 2.55. The number of rotatable bonds is 2. The van der Waals surface area contributed by atoms with Gasteiger partial charge in [-0.2, -0.15) is 5.10 Å². The summed E-state index contributed by atoms with van der Waals surface area (Å²) in [5.41, 5.74) is 1.63. The summed E-state index contributed by atoms with van der Waals surface area (Å²) in [6.45, 7) is 2.11. The van der Waals surface area contributed by atoms with Crippen LogP contribution >= 0.6 is 0 Å². The van der Waals surface area contributed by atoms with Crippen molar-refractivity contribution >= 4 is 5.91 Å². The van der Waals surface area contributed by atoms with Crippen molar-refractivity contribution in [2.45, 2.75) is 25.3 Å². The Bertz CT molecular complexity index is 699. The van der Waals surface area contributed by atoms with Crippen LogP contribution in [0.3, 0.4) is 0 Å². The normalized spacial score (nSPS) is 20.3. The van der Waals surface area contributed by atoms with Crippen molar-refractivity contribution in [1.82, 2.24) is 15.1 Å². The first kappa shape index (κ1) is 14.1. The highest BCUT2D eigenvalue weighted by Gasteiger charge is 2.31. The van der Waals surface area contributed by atoms with Crippen molar-refractivity contribution in [3.63, 3.8) is 0 Å². The third kappa shape index (κ3) is 2.65. The standard InChI is InChI=1S/C17H19N3O3/c21-17(13-6-7-18-19-13)20-8-1-3-14(20)12-4-5-15-16(11-12)23-10-2-9-22-15/h4-7,11,14H,1-3,8-10H2,(H,18,19)/t14-/m0/s1.